The Bertz CT molecular complexity index is 481. The van der Waals surface area contributed by atoms with Crippen molar-refractivity contribution in [1.29, 1.82) is 0 Å². The number of hydrogen-bond acceptors (Lipinski definition) is 3. The van der Waals surface area contributed by atoms with E-state index in [2.05, 4.69) is 4.98 Å². The number of hydrogen-bond donors (Lipinski definition) is 2. The van der Waals surface area contributed by atoms with E-state index in [1.165, 1.54) is 6.26 Å². The summed E-state index contributed by atoms with van der Waals surface area (Å²) in [4.78, 5) is 13.7. The minimum atomic E-state index is -0.263. The lowest BCUT2D eigenvalue weighted by molar-refractivity contribution is 0.611. The SMILES string of the molecule is Cc1[nH]c(=O)c(N)c2ccoc12. The van der Waals surface area contributed by atoms with Crippen LogP contribution in [0.1, 0.15) is 5.69 Å². The molecule has 0 fully saturated rings. The maximum atomic E-state index is 11.1. The zero-order valence-electron chi connectivity index (χ0n) is 6.55. The zero-order valence-corrected chi connectivity index (χ0v) is 6.55. The van der Waals surface area contributed by atoms with Crippen molar-refractivity contribution in [3.8, 4) is 0 Å². The van der Waals surface area contributed by atoms with Gasteiger partial charge >= 0.3 is 0 Å². The van der Waals surface area contributed by atoms with Gasteiger partial charge in [0.2, 0.25) is 0 Å². The van der Waals surface area contributed by atoms with Gasteiger partial charge in [0.05, 0.1) is 17.3 Å². The minimum Gasteiger partial charge on any atom is -0.462 e. The van der Waals surface area contributed by atoms with Gasteiger partial charge in [0.15, 0.2) is 5.58 Å². The largest absolute Gasteiger partial charge is 0.462 e. The average molecular weight is 164 g/mol. The van der Waals surface area contributed by atoms with Gasteiger partial charge in [-0.1, -0.05) is 0 Å². The molecule has 3 N–H and O–H groups in total. The van der Waals surface area contributed by atoms with Crippen LogP contribution in [0.3, 0.4) is 0 Å². The molecule has 0 radical (unpaired) electrons. The second-order valence-electron chi connectivity index (χ2n) is 2.66. The predicted molar refractivity (Wildman–Crippen MR) is 46.0 cm³/mol. The van der Waals surface area contributed by atoms with Crippen LogP contribution in [0, 0.1) is 6.92 Å². The van der Waals surface area contributed by atoms with Crippen LogP contribution in [0.4, 0.5) is 5.69 Å². The molecule has 4 nitrogen and oxygen atoms in total. The van der Waals surface area contributed by atoms with E-state index in [-0.39, 0.29) is 11.2 Å². The van der Waals surface area contributed by atoms with Gasteiger partial charge in [0.1, 0.15) is 5.69 Å². The third-order valence-electron chi connectivity index (χ3n) is 1.84. The Hall–Kier alpha value is -1.71. The lowest BCUT2D eigenvalue weighted by atomic mass is 10.2. The molecule has 2 aromatic rings. The van der Waals surface area contributed by atoms with Crippen molar-refractivity contribution in [2.45, 2.75) is 6.92 Å². The van der Waals surface area contributed by atoms with E-state index in [1.54, 1.807) is 13.0 Å². The van der Waals surface area contributed by atoms with Gasteiger partial charge in [-0.25, -0.2) is 0 Å². The van der Waals surface area contributed by atoms with Crippen LogP contribution in [-0.4, -0.2) is 4.98 Å². The summed E-state index contributed by atoms with van der Waals surface area (Å²) < 4.78 is 5.13. The van der Waals surface area contributed by atoms with Crippen molar-refractivity contribution in [3.63, 3.8) is 0 Å². The van der Waals surface area contributed by atoms with Crippen LogP contribution < -0.4 is 11.3 Å². The molecule has 0 bridgehead atoms. The molecule has 4 heteroatoms. The number of nitrogens with one attached hydrogen (secondary N) is 1. The summed E-state index contributed by atoms with van der Waals surface area (Å²) in [6.45, 7) is 1.77. The van der Waals surface area contributed by atoms with Crippen molar-refractivity contribution in [3.05, 3.63) is 28.4 Å². The molecular weight excluding hydrogens is 156 g/mol. The average Bonchev–Trinajstić information content (AvgIpc) is 2.48. The highest BCUT2D eigenvalue weighted by Crippen LogP contribution is 2.20. The molecule has 0 aliphatic rings. The van der Waals surface area contributed by atoms with Gasteiger partial charge in [-0.05, 0) is 13.0 Å². The molecular formula is C8H8N2O2. The fraction of sp³-hybridized carbons (Fsp3) is 0.125. The van der Waals surface area contributed by atoms with E-state index in [0.29, 0.717) is 16.7 Å². The molecule has 0 saturated heterocycles. The molecule has 0 unspecified atom stereocenters. The smallest absolute Gasteiger partial charge is 0.272 e. The van der Waals surface area contributed by atoms with Crippen LogP contribution >= 0.6 is 0 Å². The summed E-state index contributed by atoms with van der Waals surface area (Å²) in [5, 5.41) is 0.677. The maximum absolute atomic E-state index is 11.1. The number of nitrogens with two attached hydrogens (primary N) is 1. The van der Waals surface area contributed by atoms with Crippen LogP contribution in [0.2, 0.25) is 0 Å². The molecule has 2 aromatic heterocycles. The number of nitrogen functional groups attached to an aromatic ring is 1. The van der Waals surface area contributed by atoms with Crippen LogP contribution in [-0.2, 0) is 0 Å². The normalized spacial score (nSPS) is 10.8. The molecule has 0 aliphatic carbocycles. The van der Waals surface area contributed by atoms with Gasteiger partial charge < -0.3 is 15.1 Å². The molecule has 0 aliphatic heterocycles. The number of H-pyrrole nitrogens is 1. The summed E-state index contributed by atoms with van der Waals surface area (Å²) in [6, 6.07) is 1.69. The van der Waals surface area contributed by atoms with Crippen LogP contribution in [0.15, 0.2) is 21.5 Å². The summed E-state index contributed by atoms with van der Waals surface area (Å²) >= 11 is 0. The third kappa shape index (κ3) is 0.747. The highest BCUT2D eigenvalue weighted by Gasteiger charge is 2.07. The van der Waals surface area contributed by atoms with Crippen molar-refractivity contribution in [2.24, 2.45) is 0 Å². The molecule has 0 amide bonds. The first-order chi connectivity index (χ1) is 5.70. The topological polar surface area (TPSA) is 72.0 Å². The van der Waals surface area contributed by atoms with E-state index in [1.807, 2.05) is 0 Å². The van der Waals surface area contributed by atoms with Crippen molar-refractivity contribution >= 4 is 16.7 Å². The van der Waals surface area contributed by atoms with E-state index >= 15 is 0 Å². The number of aryl methyl sites for hydroxylation is 1. The second kappa shape index (κ2) is 2.14. The number of rotatable bonds is 0. The molecule has 2 rings (SSSR count). The summed E-state index contributed by atoms with van der Waals surface area (Å²) in [6.07, 6.45) is 1.52. The fourth-order valence-electron chi connectivity index (χ4n) is 1.23. The highest BCUT2D eigenvalue weighted by molar-refractivity contribution is 5.89. The number of pyridine rings is 1. The zero-order chi connectivity index (χ0) is 8.72. The Kier molecular flexibility index (Phi) is 1.24. The van der Waals surface area contributed by atoms with E-state index in [9.17, 15) is 4.79 Å². The number of anilines is 1. The Morgan fingerprint density at radius 3 is 3.08 bits per heavy atom. The Balaban J connectivity index is 3.07. The maximum Gasteiger partial charge on any atom is 0.272 e. The van der Waals surface area contributed by atoms with E-state index in [4.69, 9.17) is 10.2 Å². The summed E-state index contributed by atoms with van der Waals surface area (Å²) in [5.74, 6) is 0. The van der Waals surface area contributed by atoms with Crippen LogP contribution in [0.5, 0.6) is 0 Å². The van der Waals surface area contributed by atoms with Crippen molar-refractivity contribution in [2.75, 3.05) is 5.73 Å². The standard InChI is InChI=1S/C8H8N2O2/c1-4-7-5(2-3-12-7)6(9)8(11)10-4/h2-3H,9H2,1H3,(H,10,11). The Labute approximate surface area is 68.0 Å². The molecule has 2 heterocycles. The second-order valence-corrected chi connectivity index (χ2v) is 2.66. The lowest BCUT2D eigenvalue weighted by Crippen LogP contribution is -2.12. The van der Waals surface area contributed by atoms with Crippen LogP contribution in [0.25, 0.3) is 11.0 Å². The summed E-state index contributed by atoms with van der Waals surface area (Å²) in [7, 11) is 0. The van der Waals surface area contributed by atoms with Gasteiger partial charge in [-0.15, -0.1) is 0 Å². The first-order valence-electron chi connectivity index (χ1n) is 3.55. The molecule has 12 heavy (non-hydrogen) atoms. The number of fused-ring (bicyclic) bond motifs is 1. The lowest BCUT2D eigenvalue weighted by Gasteiger charge is -1.96. The molecule has 0 atom stereocenters. The fourth-order valence-corrected chi connectivity index (χ4v) is 1.23. The number of furan rings is 1. The third-order valence-corrected chi connectivity index (χ3v) is 1.84. The predicted octanol–water partition coefficient (Wildman–Crippen LogP) is 1.01. The first kappa shape index (κ1) is 6.97. The molecule has 0 saturated carbocycles. The van der Waals surface area contributed by atoms with E-state index < -0.39 is 0 Å². The highest BCUT2D eigenvalue weighted by atomic mass is 16.3. The molecule has 0 aromatic carbocycles. The molecule has 0 spiro atoms. The van der Waals surface area contributed by atoms with Crippen molar-refractivity contribution < 1.29 is 4.42 Å². The van der Waals surface area contributed by atoms with Crippen molar-refractivity contribution in [1.82, 2.24) is 4.98 Å². The minimum absolute atomic E-state index is 0.212. The molecule has 62 valence electrons. The number of aromatic nitrogens is 1. The Morgan fingerprint density at radius 1 is 1.58 bits per heavy atom. The first-order valence-corrected chi connectivity index (χ1v) is 3.55. The quantitative estimate of drug-likeness (QED) is 0.610. The summed E-state index contributed by atoms with van der Waals surface area (Å²) in [5.41, 5.74) is 6.83. The Morgan fingerprint density at radius 2 is 2.33 bits per heavy atom. The van der Waals surface area contributed by atoms with E-state index in [0.717, 1.165) is 0 Å². The van der Waals surface area contributed by atoms with Gasteiger partial charge in [0, 0.05) is 0 Å². The van der Waals surface area contributed by atoms with Gasteiger partial charge in [-0.2, -0.15) is 0 Å². The van der Waals surface area contributed by atoms with Gasteiger partial charge in [-0.3, -0.25) is 4.79 Å². The monoisotopic (exact) mass is 164 g/mol. The number of aromatic amines is 1. The van der Waals surface area contributed by atoms with Gasteiger partial charge in [0.25, 0.3) is 5.56 Å².